The van der Waals surface area contributed by atoms with Crippen molar-refractivity contribution in [3.05, 3.63) is 29.6 Å². The Hall–Kier alpha value is -1.59. The van der Waals surface area contributed by atoms with Crippen LogP contribution in [0.15, 0.2) is 18.2 Å². The first-order valence-corrected chi connectivity index (χ1v) is 5.95. The van der Waals surface area contributed by atoms with E-state index in [0.717, 1.165) is 18.9 Å². The molecule has 1 fully saturated rings. The average molecular weight is 276 g/mol. The third kappa shape index (κ3) is 3.24. The lowest BCUT2D eigenvalue weighted by Crippen LogP contribution is -2.21. The SMILES string of the molecule is O=C1CCCCC1c1cccc(OC(F)(F)F)c1F. The summed E-state index contributed by atoms with van der Waals surface area (Å²) in [6.07, 6.45) is -2.63. The van der Waals surface area contributed by atoms with Gasteiger partial charge in [-0.1, -0.05) is 18.6 Å². The van der Waals surface area contributed by atoms with Gasteiger partial charge in [-0.2, -0.15) is 0 Å². The molecule has 0 aromatic heterocycles. The van der Waals surface area contributed by atoms with Crippen LogP contribution in [0.3, 0.4) is 0 Å². The first-order chi connectivity index (χ1) is 8.88. The van der Waals surface area contributed by atoms with Gasteiger partial charge in [-0.25, -0.2) is 4.39 Å². The van der Waals surface area contributed by atoms with Gasteiger partial charge in [-0.3, -0.25) is 4.79 Å². The van der Waals surface area contributed by atoms with Gasteiger partial charge in [0.15, 0.2) is 11.6 Å². The Bertz CT molecular complexity index is 482. The summed E-state index contributed by atoms with van der Waals surface area (Å²) in [5.41, 5.74) is -0.00792. The van der Waals surface area contributed by atoms with Gasteiger partial charge in [0.2, 0.25) is 0 Å². The van der Waals surface area contributed by atoms with Crippen LogP contribution in [0, 0.1) is 5.82 Å². The summed E-state index contributed by atoms with van der Waals surface area (Å²) in [5, 5.41) is 0. The number of ether oxygens (including phenoxy) is 1. The summed E-state index contributed by atoms with van der Waals surface area (Å²) in [5.74, 6) is -2.77. The number of ketones is 1. The molecule has 2 rings (SSSR count). The highest BCUT2D eigenvalue weighted by atomic mass is 19.4. The van der Waals surface area contributed by atoms with Crippen molar-refractivity contribution in [1.29, 1.82) is 0 Å². The van der Waals surface area contributed by atoms with E-state index in [4.69, 9.17) is 0 Å². The van der Waals surface area contributed by atoms with E-state index in [-0.39, 0.29) is 11.3 Å². The van der Waals surface area contributed by atoms with E-state index in [1.165, 1.54) is 12.1 Å². The Kier molecular flexibility index (Phi) is 3.78. The molecule has 1 saturated carbocycles. The Balaban J connectivity index is 2.31. The molecule has 1 aromatic carbocycles. The quantitative estimate of drug-likeness (QED) is 0.764. The van der Waals surface area contributed by atoms with Crippen molar-refractivity contribution in [3.63, 3.8) is 0 Å². The van der Waals surface area contributed by atoms with Crippen LogP contribution in [0.1, 0.15) is 37.2 Å². The maximum Gasteiger partial charge on any atom is 0.573 e. The summed E-state index contributed by atoms with van der Waals surface area (Å²) < 4.78 is 53.9. The minimum absolute atomic E-state index is 0.00792. The van der Waals surface area contributed by atoms with Gasteiger partial charge < -0.3 is 4.74 Å². The van der Waals surface area contributed by atoms with Crippen LogP contribution in [0.4, 0.5) is 17.6 Å². The molecule has 1 aliphatic carbocycles. The molecule has 2 nitrogen and oxygen atoms in total. The highest BCUT2D eigenvalue weighted by Crippen LogP contribution is 2.35. The minimum Gasteiger partial charge on any atom is -0.403 e. The van der Waals surface area contributed by atoms with Crippen molar-refractivity contribution in [2.45, 2.75) is 38.0 Å². The smallest absolute Gasteiger partial charge is 0.403 e. The summed E-state index contributed by atoms with van der Waals surface area (Å²) in [4.78, 5) is 11.7. The minimum atomic E-state index is -4.95. The molecule has 0 amide bonds. The van der Waals surface area contributed by atoms with Crippen molar-refractivity contribution >= 4 is 5.78 Å². The van der Waals surface area contributed by atoms with Crippen molar-refractivity contribution in [2.24, 2.45) is 0 Å². The number of carbonyl (C=O) groups excluding carboxylic acids is 1. The van der Waals surface area contributed by atoms with Gasteiger partial charge in [-0.05, 0) is 18.9 Å². The molecule has 0 aliphatic heterocycles. The van der Waals surface area contributed by atoms with E-state index in [9.17, 15) is 22.4 Å². The second kappa shape index (κ2) is 5.19. The largest absolute Gasteiger partial charge is 0.573 e. The predicted octanol–water partition coefficient (Wildman–Crippen LogP) is 3.95. The molecule has 0 spiro atoms. The molecule has 1 aliphatic rings. The lowest BCUT2D eigenvalue weighted by Gasteiger charge is -2.22. The summed E-state index contributed by atoms with van der Waals surface area (Å²) in [7, 11) is 0. The summed E-state index contributed by atoms with van der Waals surface area (Å²) >= 11 is 0. The third-order valence-corrected chi connectivity index (χ3v) is 3.15. The average Bonchev–Trinajstić information content (AvgIpc) is 2.31. The highest BCUT2D eigenvalue weighted by molar-refractivity contribution is 5.86. The number of alkyl halides is 3. The summed E-state index contributed by atoms with van der Waals surface area (Å²) in [6.45, 7) is 0. The van der Waals surface area contributed by atoms with Crippen LogP contribution in [0.2, 0.25) is 0 Å². The zero-order chi connectivity index (χ0) is 14.0. The molecule has 19 heavy (non-hydrogen) atoms. The molecule has 0 radical (unpaired) electrons. The van der Waals surface area contributed by atoms with Crippen LogP contribution in [-0.4, -0.2) is 12.1 Å². The number of hydrogen-bond acceptors (Lipinski definition) is 2. The van der Waals surface area contributed by atoms with Crippen LogP contribution in [-0.2, 0) is 4.79 Å². The zero-order valence-corrected chi connectivity index (χ0v) is 9.97. The molecule has 0 heterocycles. The van der Waals surface area contributed by atoms with Gasteiger partial charge in [0.25, 0.3) is 0 Å². The Labute approximate surface area is 107 Å². The molecule has 6 heteroatoms. The van der Waals surface area contributed by atoms with Gasteiger partial charge >= 0.3 is 6.36 Å². The first-order valence-electron chi connectivity index (χ1n) is 5.95. The van der Waals surface area contributed by atoms with Crippen molar-refractivity contribution in [1.82, 2.24) is 0 Å². The molecule has 0 bridgehead atoms. The maximum atomic E-state index is 14.0. The zero-order valence-electron chi connectivity index (χ0n) is 9.97. The number of Topliss-reactive ketones (excluding diaryl/α,β-unsaturated/α-hetero) is 1. The molecule has 1 aromatic rings. The topological polar surface area (TPSA) is 26.3 Å². The molecule has 1 atom stereocenters. The number of rotatable bonds is 2. The van der Waals surface area contributed by atoms with E-state index < -0.39 is 23.8 Å². The first kappa shape index (κ1) is 13.8. The number of carbonyl (C=O) groups is 1. The van der Waals surface area contributed by atoms with Gasteiger partial charge in [0, 0.05) is 17.9 Å². The predicted molar refractivity (Wildman–Crippen MR) is 59.3 cm³/mol. The number of halogens is 4. The Morgan fingerprint density at radius 2 is 1.95 bits per heavy atom. The van der Waals surface area contributed by atoms with Gasteiger partial charge in [0.1, 0.15) is 5.78 Å². The Morgan fingerprint density at radius 3 is 2.58 bits per heavy atom. The van der Waals surface area contributed by atoms with Crippen LogP contribution in [0.5, 0.6) is 5.75 Å². The van der Waals surface area contributed by atoms with E-state index in [1.807, 2.05) is 0 Å². The molecule has 0 saturated heterocycles. The van der Waals surface area contributed by atoms with Crippen LogP contribution < -0.4 is 4.74 Å². The fraction of sp³-hybridized carbons (Fsp3) is 0.462. The van der Waals surface area contributed by atoms with E-state index in [1.54, 1.807) is 0 Å². The molecule has 1 unspecified atom stereocenters. The number of benzene rings is 1. The fourth-order valence-corrected chi connectivity index (χ4v) is 2.31. The second-order valence-electron chi connectivity index (χ2n) is 4.47. The molecular formula is C13H12F4O2. The lowest BCUT2D eigenvalue weighted by molar-refractivity contribution is -0.275. The van der Waals surface area contributed by atoms with E-state index in [2.05, 4.69) is 4.74 Å². The van der Waals surface area contributed by atoms with E-state index >= 15 is 0 Å². The monoisotopic (exact) mass is 276 g/mol. The van der Waals surface area contributed by atoms with Crippen LogP contribution >= 0.6 is 0 Å². The molecule has 0 N–H and O–H groups in total. The Morgan fingerprint density at radius 1 is 1.21 bits per heavy atom. The normalized spacial score (nSPS) is 20.4. The standard InChI is InChI=1S/C13H12F4O2/c14-12-9(8-4-1-2-6-10(8)18)5-3-7-11(12)19-13(15,16)17/h3,5,7-8H,1-2,4,6H2. The van der Waals surface area contributed by atoms with Crippen molar-refractivity contribution < 1.29 is 27.1 Å². The summed E-state index contributed by atoms with van der Waals surface area (Å²) in [6, 6.07) is 3.51. The number of hydrogen-bond donors (Lipinski definition) is 0. The van der Waals surface area contributed by atoms with Gasteiger partial charge in [0.05, 0.1) is 0 Å². The molecule has 104 valence electrons. The second-order valence-corrected chi connectivity index (χ2v) is 4.47. The third-order valence-electron chi connectivity index (χ3n) is 3.15. The van der Waals surface area contributed by atoms with Gasteiger partial charge in [-0.15, -0.1) is 13.2 Å². The fourth-order valence-electron chi connectivity index (χ4n) is 2.31. The van der Waals surface area contributed by atoms with Crippen LogP contribution in [0.25, 0.3) is 0 Å². The molecular weight excluding hydrogens is 264 g/mol. The van der Waals surface area contributed by atoms with E-state index in [0.29, 0.717) is 12.8 Å². The highest BCUT2D eigenvalue weighted by Gasteiger charge is 2.34. The maximum absolute atomic E-state index is 14.0. The van der Waals surface area contributed by atoms with Crippen molar-refractivity contribution in [3.8, 4) is 5.75 Å². The van der Waals surface area contributed by atoms with Crippen molar-refractivity contribution in [2.75, 3.05) is 0 Å². The lowest BCUT2D eigenvalue weighted by atomic mass is 9.82.